The van der Waals surface area contributed by atoms with E-state index < -0.39 is 5.97 Å². The summed E-state index contributed by atoms with van der Waals surface area (Å²) in [7, 11) is 0. The van der Waals surface area contributed by atoms with Crippen molar-refractivity contribution in [1.82, 2.24) is 9.38 Å². The summed E-state index contributed by atoms with van der Waals surface area (Å²) in [5.41, 5.74) is 5.16. The zero-order chi connectivity index (χ0) is 16.7. The second kappa shape index (κ2) is 5.81. The fourth-order valence-corrected chi connectivity index (χ4v) is 3.88. The summed E-state index contributed by atoms with van der Waals surface area (Å²) in [5, 5.41) is 9.29. The molecular weight excluding hydrogens is 308 g/mol. The largest absolute Gasteiger partial charge is 0.477 e. The van der Waals surface area contributed by atoms with Crippen LogP contribution in [-0.4, -0.2) is 20.5 Å². The van der Waals surface area contributed by atoms with Gasteiger partial charge in [0.05, 0.1) is 11.4 Å². The van der Waals surface area contributed by atoms with E-state index in [2.05, 4.69) is 45.0 Å². The van der Waals surface area contributed by atoms with Gasteiger partial charge >= 0.3 is 5.97 Å². The quantitative estimate of drug-likeness (QED) is 0.751. The number of benzene rings is 1. The number of aromatic carboxylic acids is 1. The van der Waals surface area contributed by atoms with E-state index in [1.54, 1.807) is 0 Å². The summed E-state index contributed by atoms with van der Waals surface area (Å²) in [4.78, 5) is 17.1. The van der Waals surface area contributed by atoms with Crippen molar-refractivity contribution in [2.24, 2.45) is 0 Å². The molecule has 0 radical (unpaired) electrons. The lowest BCUT2D eigenvalue weighted by Gasteiger charge is -2.07. The van der Waals surface area contributed by atoms with Gasteiger partial charge in [0, 0.05) is 11.3 Å². The summed E-state index contributed by atoms with van der Waals surface area (Å²) in [6.07, 6.45) is 0.805. The minimum absolute atomic E-state index is 0.365. The van der Waals surface area contributed by atoms with Gasteiger partial charge in [-0.2, -0.15) is 0 Å². The van der Waals surface area contributed by atoms with Crippen molar-refractivity contribution in [3.63, 3.8) is 0 Å². The predicted molar refractivity (Wildman–Crippen MR) is 93.7 cm³/mol. The van der Waals surface area contributed by atoms with E-state index in [0.717, 1.165) is 34.0 Å². The average molecular weight is 328 g/mol. The summed E-state index contributed by atoms with van der Waals surface area (Å²) in [6, 6.07) is 8.49. The number of carboxylic acids is 1. The summed E-state index contributed by atoms with van der Waals surface area (Å²) in [6.45, 7) is 8.28. The van der Waals surface area contributed by atoms with Crippen LogP contribution in [0.4, 0.5) is 0 Å². The highest BCUT2D eigenvalue weighted by atomic mass is 32.1. The molecule has 0 aliphatic carbocycles. The number of hydrogen-bond acceptors (Lipinski definition) is 3. The number of carboxylic acid groups (broad SMARTS) is 1. The highest BCUT2D eigenvalue weighted by Gasteiger charge is 2.21. The van der Waals surface area contributed by atoms with E-state index in [1.807, 2.05) is 11.3 Å². The normalized spacial score (nSPS) is 11.5. The molecule has 0 amide bonds. The van der Waals surface area contributed by atoms with E-state index in [0.29, 0.717) is 10.8 Å². The van der Waals surface area contributed by atoms with Crippen molar-refractivity contribution in [3.8, 4) is 11.3 Å². The molecule has 0 saturated heterocycles. The number of rotatable bonds is 4. The zero-order valence-corrected chi connectivity index (χ0v) is 14.6. The lowest BCUT2D eigenvalue weighted by atomic mass is 10.00. The minimum Gasteiger partial charge on any atom is -0.477 e. The molecule has 0 spiro atoms. The summed E-state index contributed by atoms with van der Waals surface area (Å²) >= 11 is 1.24. The number of carbonyl (C=O) groups is 1. The number of imidazole rings is 1. The Kier molecular flexibility index (Phi) is 3.98. The van der Waals surface area contributed by atoms with Gasteiger partial charge in [0.25, 0.3) is 0 Å². The Labute approximate surface area is 139 Å². The smallest absolute Gasteiger partial charge is 0.347 e. The fraction of sp³-hybridized carbons (Fsp3) is 0.333. The molecular formula is C18H20N2O2S. The molecule has 4 nitrogen and oxygen atoms in total. The van der Waals surface area contributed by atoms with Gasteiger partial charge in [-0.3, -0.25) is 4.40 Å². The molecule has 0 atom stereocenters. The number of fused-ring (bicyclic) bond motifs is 1. The third-order valence-electron chi connectivity index (χ3n) is 4.18. The van der Waals surface area contributed by atoms with Crippen LogP contribution in [0.25, 0.3) is 16.2 Å². The molecule has 0 unspecified atom stereocenters. The van der Waals surface area contributed by atoms with E-state index in [4.69, 9.17) is 4.98 Å². The van der Waals surface area contributed by atoms with E-state index >= 15 is 0 Å². The molecule has 23 heavy (non-hydrogen) atoms. The Morgan fingerprint density at radius 1 is 1.30 bits per heavy atom. The Morgan fingerprint density at radius 3 is 2.48 bits per heavy atom. The van der Waals surface area contributed by atoms with Crippen LogP contribution in [-0.2, 0) is 6.42 Å². The molecule has 5 heteroatoms. The van der Waals surface area contributed by atoms with Crippen LogP contribution in [0.1, 0.15) is 53.3 Å². The van der Waals surface area contributed by atoms with Crippen LogP contribution in [0, 0.1) is 6.92 Å². The molecule has 0 saturated carbocycles. The molecule has 2 aromatic heterocycles. The van der Waals surface area contributed by atoms with Crippen molar-refractivity contribution >= 4 is 22.3 Å². The maximum absolute atomic E-state index is 11.3. The molecule has 2 heterocycles. The molecule has 120 valence electrons. The first kappa shape index (κ1) is 15.7. The molecule has 0 aliphatic rings. The Balaban J connectivity index is 2.16. The lowest BCUT2D eigenvalue weighted by Crippen LogP contribution is -2.00. The molecule has 3 rings (SSSR count). The number of aryl methyl sites for hydroxylation is 2. The lowest BCUT2D eigenvalue weighted by molar-refractivity contribution is 0.0701. The fourth-order valence-electron chi connectivity index (χ4n) is 2.89. The van der Waals surface area contributed by atoms with E-state index in [-0.39, 0.29) is 0 Å². The second-order valence-corrected chi connectivity index (χ2v) is 6.95. The van der Waals surface area contributed by atoms with Gasteiger partial charge in [0.15, 0.2) is 4.96 Å². The van der Waals surface area contributed by atoms with Crippen molar-refractivity contribution in [1.29, 1.82) is 0 Å². The highest BCUT2D eigenvalue weighted by molar-refractivity contribution is 7.19. The van der Waals surface area contributed by atoms with Crippen molar-refractivity contribution in [2.45, 2.75) is 40.0 Å². The topological polar surface area (TPSA) is 54.6 Å². The van der Waals surface area contributed by atoms with Crippen molar-refractivity contribution in [3.05, 3.63) is 46.1 Å². The van der Waals surface area contributed by atoms with Gasteiger partial charge in [-0.25, -0.2) is 9.78 Å². The van der Waals surface area contributed by atoms with Crippen LogP contribution >= 0.6 is 11.3 Å². The maximum atomic E-state index is 11.3. The van der Waals surface area contributed by atoms with E-state index in [9.17, 15) is 9.90 Å². The summed E-state index contributed by atoms with van der Waals surface area (Å²) < 4.78 is 1.99. The maximum Gasteiger partial charge on any atom is 0.347 e. The molecule has 1 aromatic carbocycles. The highest BCUT2D eigenvalue weighted by Crippen LogP contribution is 2.32. The molecule has 0 bridgehead atoms. The standard InChI is InChI=1S/C18H20N2O2S/c1-5-14-15(13-8-6-12(7-9-13)10(2)3)19-18-20(14)11(4)16(23-18)17(21)22/h6-10H,5H2,1-4H3,(H,21,22). The van der Waals surface area contributed by atoms with Crippen LogP contribution in [0.3, 0.4) is 0 Å². The van der Waals surface area contributed by atoms with Gasteiger partial charge in [0.1, 0.15) is 4.88 Å². The first-order valence-electron chi connectivity index (χ1n) is 7.78. The first-order chi connectivity index (χ1) is 10.9. The van der Waals surface area contributed by atoms with Crippen molar-refractivity contribution in [2.75, 3.05) is 0 Å². The van der Waals surface area contributed by atoms with Crippen LogP contribution in [0.15, 0.2) is 24.3 Å². The minimum atomic E-state index is -0.886. The number of hydrogen-bond donors (Lipinski definition) is 1. The third-order valence-corrected chi connectivity index (χ3v) is 5.31. The molecule has 3 aromatic rings. The predicted octanol–water partition coefficient (Wildman–Crippen LogP) is 4.76. The van der Waals surface area contributed by atoms with Crippen LogP contribution in [0.2, 0.25) is 0 Å². The van der Waals surface area contributed by atoms with Crippen molar-refractivity contribution < 1.29 is 9.90 Å². The Bertz CT molecular complexity index is 873. The van der Waals surface area contributed by atoms with Crippen LogP contribution < -0.4 is 0 Å². The monoisotopic (exact) mass is 328 g/mol. The third kappa shape index (κ3) is 2.55. The molecule has 1 N–H and O–H groups in total. The SMILES string of the molecule is CCc1c(-c2ccc(C(C)C)cc2)nc2sc(C(=O)O)c(C)n12. The van der Waals surface area contributed by atoms with E-state index in [1.165, 1.54) is 16.9 Å². The number of thiazole rings is 1. The average Bonchev–Trinajstić information content (AvgIpc) is 3.04. The number of nitrogens with zero attached hydrogens (tertiary/aromatic N) is 2. The Hall–Kier alpha value is -2.14. The van der Waals surface area contributed by atoms with Gasteiger partial charge in [-0.15, -0.1) is 0 Å². The first-order valence-corrected chi connectivity index (χ1v) is 8.60. The number of aromatic nitrogens is 2. The van der Waals surface area contributed by atoms with Gasteiger partial charge < -0.3 is 5.11 Å². The summed E-state index contributed by atoms with van der Waals surface area (Å²) in [5.74, 6) is -0.386. The van der Waals surface area contributed by atoms with Crippen LogP contribution in [0.5, 0.6) is 0 Å². The van der Waals surface area contributed by atoms with Gasteiger partial charge in [0.2, 0.25) is 0 Å². The van der Waals surface area contributed by atoms with Gasteiger partial charge in [-0.05, 0) is 24.8 Å². The van der Waals surface area contributed by atoms with Gasteiger partial charge in [-0.1, -0.05) is 56.4 Å². The molecule has 0 aliphatic heterocycles. The zero-order valence-electron chi connectivity index (χ0n) is 13.8. The second-order valence-electron chi connectivity index (χ2n) is 5.98. The molecule has 0 fully saturated rings. The Morgan fingerprint density at radius 2 is 1.96 bits per heavy atom.